The van der Waals surface area contributed by atoms with Crippen LogP contribution < -0.4 is 0 Å². The van der Waals surface area contributed by atoms with Crippen molar-refractivity contribution in [3.63, 3.8) is 0 Å². The van der Waals surface area contributed by atoms with Crippen molar-refractivity contribution in [2.45, 2.75) is 5.88 Å². The molecule has 0 saturated heterocycles. The molecule has 3 aromatic rings. The second-order valence-electron chi connectivity index (χ2n) is 4.49. The van der Waals surface area contributed by atoms with E-state index in [0.29, 0.717) is 5.88 Å². The first-order chi connectivity index (χ1) is 9.88. The van der Waals surface area contributed by atoms with Gasteiger partial charge in [0.1, 0.15) is 0 Å². The highest BCUT2D eigenvalue weighted by molar-refractivity contribution is 6.17. The average molecular weight is 281 g/mol. The Morgan fingerprint density at radius 3 is 2.10 bits per heavy atom. The fraction of sp³-hybridized carbons (Fsp3) is 0.0588. The molecule has 98 valence electrons. The predicted octanol–water partition coefficient (Wildman–Crippen LogP) is 4.55. The molecule has 2 aromatic heterocycles. The number of rotatable bonds is 3. The van der Waals surface area contributed by atoms with E-state index in [1.807, 2.05) is 36.7 Å². The average Bonchev–Trinajstić information content (AvgIpc) is 2.56. The van der Waals surface area contributed by atoms with Gasteiger partial charge in [-0.1, -0.05) is 24.3 Å². The van der Waals surface area contributed by atoms with Crippen molar-refractivity contribution in [2.75, 3.05) is 0 Å². The molecule has 0 N–H and O–H groups in total. The molecule has 1 aromatic carbocycles. The van der Waals surface area contributed by atoms with Gasteiger partial charge < -0.3 is 0 Å². The Morgan fingerprint density at radius 1 is 0.800 bits per heavy atom. The molecule has 3 heteroatoms. The van der Waals surface area contributed by atoms with Crippen LogP contribution in [-0.2, 0) is 5.88 Å². The quantitative estimate of drug-likeness (QED) is 0.658. The van der Waals surface area contributed by atoms with Crippen LogP contribution in [0.15, 0.2) is 67.3 Å². The molecule has 0 amide bonds. The summed E-state index contributed by atoms with van der Waals surface area (Å²) in [4.78, 5) is 8.32. The van der Waals surface area contributed by atoms with Crippen LogP contribution in [0.3, 0.4) is 0 Å². The zero-order valence-corrected chi connectivity index (χ0v) is 11.6. The van der Waals surface area contributed by atoms with Crippen LogP contribution in [0, 0.1) is 0 Å². The van der Waals surface area contributed by atoms with E-state index in [2.05, 4.69) is 28.2 Å². The third-order valence-corrected chi connectivity index (χ3v) is 3.50. The predicted molar refractivity (Wildman–Crippen MR) is 82.5 cm³/mol. The highest BCUT2D eigenvalue weighted by Crippen LogP contribution is 2.29. The first kappa shape index (κ1) is 12.8. The summed E-state index contributed by atoms with van der Waals surface area (Å²) in [6.07, 6.45) is 7.26. The van der Waals surface area contributed by atoms with Crippen LogP contribution in [0.2, 0.25) is 0 Å². The number of pyridine rings is 2. The minimum atomic E-state index is 0.471. The number of halogens is 1. The maximum atomic E-state index is 6.11. The van der Waals surface area contributed by atoms with Crippen molar-refractivity contribution >= 4 is 11.6 Å². The first-order valence-electron chi connectivity index (χ1n) is 6.38. The summed E-state index contributed by atoms with van der Waals surface area (Å²) >= 11 is 6.11. The van der Waals surface area contributed by atoms with Crippen molar-refractivity contribution in [3.05, 3.63) is 72.8 Å². The molecule has 0 bridgehead atoms. The van der Waals surface area contributed by atoms with Gasteiger partial charge in [-0.05, 0) is 40.5 Å². The maximum absolute atomic E-state index is 6.11. The summed E-state index contributed by atoms with van der Waals surface area (Å²) in [7, 11) is 0. The van der Waals surface area contributed by atoms with Crippen LogP contribution in [0.25, 0.3) is 22.3 Å². The summed E-state index contributed by atoms with van der Waals surface area (Å²) < 4.78 is 0. The number of hydrogen-bond donors (Lipinski definition) is 0. The number of alkyl halides is 1. The van der Waals surface area contributed by atoms with Gasteiger partial charge in [0.25, 0.3) is 0 Å². The van der Waals surface area contributed by atoms with Gasteiger partial charge in [-0.15, -0.1) is 11.6 Å². The summed E-state index contributed by atoms with van der Waals surface area (Å²) in [6.45, 7) is 0. The number of aromatic nitrogens is 2. The Kier molecular flexibility index (Phi) is 3.75. The molecule has 0 atom stereocenters. The van der Waals surface area contributed by atoms with E-state index in [1.165, 1.54) is 0 Å². The number of hydrogen-bond acceptors (Lipinski definition) is 2. The summed E-state index contributed by atoms with van der Waals surface area (Å²) in [5.41, 5.74) is 5.53. The highest BCUT2D eigenvalue weighted by atomic mass is 35.5. The van der Waals surface area contributed by atoms with Crippen molar-refractivity contribution in [2.24, 2.45) is 0 Å². The smallest absolute Gasteiger partial charge is 0.0480 e. The van der Waals surface area contributed by atoms with Crippen molar-refractivity contribution < 1.29 is 0 Å². The Balaban J connectivity index is 2.07. The molecular weight excluding hydrogens is 268 g/mol. The monoisotopic (exact) mass is 280 g/mol. The fourth-order valence-electron chi connectivity index (χ4n) is 2.22. The van der Waals surface area contributed by atoms with Crippen LogP contribution >= 0.6 is 11.6 Å². The van der Waals surface area contributed by atoms with Gasteiger partial charge >= 0.3 is 0 Å². The SMILES string of the molecule is ClCc1cc(-c2cccnc2)ccc1-c1cccnc1. The largest absolute Gasteiger partial charge is 0.264 e. The van der Waals surface area contributed by atoms with E-state index >= 15 is 0 Å². The molecule has 0 saturated carbocycles. The molecule has 0 unspecified atom stereocenters. The topological polar surface area (TPSA) is 25.8 Å². The van der Waals surface area contributed by atoms with Crippen molar-refractivity contribution in [1.29, 1.82) is 0 Å². The summed E-state index contributed by atoms with van der Waals surface area (Å²) in [5.74, 6) is 0.471. The van der Waals surface area contributed by atoms with E-state index in [-0.39, 0.29) is 0 Å². The zero-order valence-electron chi connectivity index (χ0n) is 10.8. The third kappa shape index (κ3) is 2.56. The third-order valence-electron chi connectivity index (χ3n) is 3.22. The molecule has 0 radical (unpaired) electrons. The summed E-state index contributed by atoms with van der Waals surface area (Å²) in [5, 5.41) is 0. The maximum Gasteiger partial charge on any atom is 0.0480 e. The molecule has 2 heterocycles. The number of nitrogens with zero attached hydrogens (tertiary/aromatic N) is 2. The van der Waals surface area contributed by atoms with E-state index < -0.39 is 0 Å². The molecule has 20 heavy (non-hydrogen) atoms. The Labute approximate surface area is 123 Å². The second-order valence-corrected chi connectivity index (χ2v) is 4.76. The van der Waals surface area contributed by atoms with Crippen molar-refractivity contribution in [1.82, 2.24) is 9.97 Å². The van der Waals surface area contributed by atoms with Gasteiger partial charge in [-0.2, -0.15) is 0 Å². The molecule has 2 nitrogen and oxygen atoms in total. The standard InChI is InChI=1S/C17H13ClN2/c18-10-16-9-13(14-3-1-7-19-11-14)5-6-17(16)15-4-2-8-20-12-15/h1-9,11-12H,10H2. The molecule has 0 aliphatic rings. The van der Waals surface area contributed by atoms with E-state index in [9.17, 15) is 0 Å². The lowest BCUT2D eigenvalue weighted by Crippen LogP contribution is -1.89. The lowest BCUT2D eigenvalue weighted by atomic mass is 9.97. The van der Waals surface area contributed by atoms with E-state index in [0.717, 1.165) is 27.8 Å². The molecule has 0 fully saturated rings. The van der Waals surface area contributed by atoms with Crippen molar-refractivity contribution in [3.8, 4) is 22.3 Å². The van der Waals surface area contributed by atoms with Gasteiger partial charge in [0, 0.05) is 36.2 Å². The zero-order chi connectivity index (χ0) is 13.8. The van der Waals surface area contributed by atoms with Crippen LogP contribution in [0.4, 0.5) is 0 Å². The highest BCUT2D eigenvalue weighted by Gasteiger charge is 2.07. The molecule has 0 aliphatic carbocycles. The number of benzene rings is 1. The summed E-state index contributed by atoms with van der Waals surface area (Å²) in [6, 6.07) is 14.3. The Hall–Kier alpha value is -2.19. The lowest BCUT2D eigenvalue weighted by molar-refractivity contribution is 1.31. The first-order valence-corrected chi connectivity index (χ1v) is 6.91. The van der Waals surface area contributed by atoms with Gasteiger partial charge in [-0.3, -0.25) is 9.97 Å². The Morgan fingerprint density at radius 2 is 1.50 bits per heavy atom. The molecule has 0 spiro atoms. The van der Waals surface area contributed by atoms with Gasteiger partial charge in [0.15, 0.2) is 0 Å². The lowest BCUT2D eigenvalue weighted by Gasteiger charge is -2.10. The minimum Gasteiger partial charge on any atom is -0.264 e. The molecule has 0 aliphatic heterocycles. The fourth-order valence-corrected chi connectivity index (χ4v) is 2.44. The van der Waals surface area contributed by atoms with Crippen LogP contribution in [-0.4, -0.2) is 9.97 Å². The van der Waals surface area contributed by atoms with E-state index in [1.54, 1.807) is 12.4 Å². The Bertz CT molecular complexity index is 697. The second kappa shape index (κ2) is 5.85. The van der Waals surface area contributed by atoms with Gasteiger partial charge in [0.2, 0.25) is 0 Å². The van der Waals surface area contributed by atoms with Gasteiger partial charge in [0.05, 0.1) is 0 Å². The van der Waals surface area contributed by atoms with Crippen LogP contribution in [0.1, 0.15) is 5.56 Å². The van der Waals surface area contributed by atoms with E-state index in [4.69, 9.17) is 11.6 Å². The normalized spacial score (nSPS) is 10.4. The molecular formula is C17H13ClN2. The van der Waals surface area contributed by atoms with Gasteiger partial charge in [-0.25, -0.2) is 0 Å². The minimum absolute atomic E-state index is 0.471. The van der Waals surface area contributed by atoms with Crippen LogP contribution in [0.5, 0.6) is 0 Å². The molecule has 3 rings (SSSR count).